The highest BCUT2D eigenvalue weighted by atomic mass is 19.4. The molecule has 1 atom stereocenters. The van der Waals surface area contributed by atoms with E-state index in [1.807, 2.05) is 0 Å². The number of halogens is 3. The predicted molar refractivity (Wildman–Crippen MR) is 57.9 cm³/mol. The fourth-order valence-electron chi connectivity index (χ4n) is 1.16. The van der Waals surface area contributed by atoms with Crippen molar-refractivity contribution in [3.63, 3.8) is 0 Å². The molecule has 1 unspecified atom stereocenters. The summed E-state index contributed by atoms with van der Waals surface area (Å²) in [5.41, 5.74) is 0.0408. The third kappa shape index (κ3) is 4.37. The Kier molecular flexibility index (Phi) is 4.72. The van der Waals surface area contributed by atoms with Crippen molar-refractivity contribution < 1.29 is 27.4 Å². The van der Waals surface area contributed by atoms with E-state index in [2.05, 4.69) is 9.47 Å². The van der Waals surface area contributed by atoms with E-state index < -0.39 is 24.5 Å². The molecule has 0 heterocycles. The Morgan fingerprint density at radius 3 is 2.17 bits per heavy atom. The first-order chi connectivity index (χ1) is 8.30. The minimum absolute atomic E-state index is 0.0408. The first-order valence-corrected chi connectivity index (χ1v) is 5.29. The molecule has 1 rings (SSSR count). The van der Waals surface area contributed by atoms with Crippen LogP contribution < -0.4 is 0 Å². The molecule has 3 nitrogen and oxygen atoms in total. The fourth-order valence-corrected chi connectivity index (χ4v) is 1.16. The molecule has 0 spiro atoms. The van der Waals surface area contributed by atoms with Gasteiger partial charge in [0.25, 0.3) is 0 Å². The summed E-state index contributed by atoms with van der Waals surface area (Å²) in [5, 5.41) is 0. The Labute approximate surface area is 103 Å². The highest BCUT2D eigenvalue weighted by Crippen LogP contribution is 2.25. The van der Waals surface area contributed by atoms with Gasteiger partial charge in [0.1, 0.15) is 0 Å². The van der Waals surface area contributed by atoms with Crippen LogP contribution in [0.3, 0.4) is 0 Å². The van der Waals surface area contributed by atoms with Gasteiger partial charge in [-0.1, -0.05) is 18.2 Å². The van der Waals surface area contributed by atoms with Crippen LogP contribution in [0, 0.1) is 0 Å². The zero-order valence-corrected chi connectivity index (χ0v) is 9.90. The molecule has 100 valence electrons. The summed E-state index contributed by atoms with van der Waals surface area (Å²) in [5.74, 6) is -1.07. The van der Waals surface area contributed by atoms with E-state index in [0.29, 0.717) is 0 Å². The van der Waals surface area contributed by atoms with E-state index in [4.69, 9.17) is 0 Å². The summed E-state index contributed by atoms with van der Waals surface area (Å²) in [6.07, 6.45) is -8.01. The van der Waals surface area contributed by atoms with Crippen LogP contribution in [0.1, 0.15) is 24.2 Å². The minimum Gasteiger partial charge on any atom is -0.422 e. The maximum absolute atomic E-state index is 12.6. The van der Waals surface area contributed by atoms with Gasteiger partial charge in [0.15, 0.2) is 0 Å². The number of alkyl halides is 3. The van der Waals surface area contributed by atoms with Gasteiger partial charge in [-0.05, 0) is 26.0 Å². The largest absolute Gasteiger partial charge is 0.452 e. The second-order valence-corrected chi connectivity index (χ2v) is 3.83. The lowest BCUT2D eigenvalue weighted by Crippen LogP contribution is -2.38. The topological polar surface area (TPSA) is 35.5 Å². The van der Waals surface area contributed by atoms with Gasteiger partial charge in [0, 0.05) is 0 Å². The Morgan fingerprint density at radius 2 is 1.72 bits per heavy atom. The molecule has 0 aliphatic heterocycles. The molecular formula is C12H13F3O3. The zero-order valence-electron chi connectivity index (χ0n) is 9.90. The van der Waals surface area contributed by atoms with Crippen LogP contribution in [0.15, 0.2) is 30.3 Å². The average Bonchev–Trinajstić information content (AvgIpc) is 2.27. The number of carbonyl (C=O) groups is 1. The monoisotopic (exact) mass is 262 g/mol. The normalized spacial score (nSPS) is 13.4. The smallest absolute Gasteiger partial charge is 0.422 e. The molecule has 0 aliphatic carbocycles. The van der Waals surface area contributed by atoms with Gasteiger partial charge in [-0.2, -0.15) is 13.2 Å². The maximum Gasteiger partial charge on any atom is 0.452 e. The lowest BCUT2D eigenvalue weighted by molar-refractivity contribution is -0.300. The van der Waals surface area contributed by atoms with Gasteiger partial charge in [0.2, 0.25) is 0 Å². The van der Waals surface area contributed by atoms with Gasteiger partial charge in [0.05, 0.1) is 11.7 Å². The zero-order chi connectivity index (χ0) is 13.8. The minimum atomic E-state index is -4.76. The van der Waals surface area contributed by atoms with Gasteiger partial charge in [-0.3, -0.25) is 0 Å². The van der Waals surface area contributed by atoms with E-state index in [1.54, 1.807) is 6.07 Å². The highest BCUT2D eigenvalue weighted by molar-refractivity contribution is 5.89. The van der Waals surface area contributed by atoms with Crippen LogP contribution in [0.25, 0.3) is 0 Å². The first kappa shape index (κ1) is 14.5. The molecule has 0 fully saturated rings. The summed E-state index contributed by atoms with van der Waals surface area (Å²) >= 11 is 0. The lowest BCUT2D eigenvalue weighted by atomic mass is 10.2. The summed E-state index contributed by atoms with van der Waals surface area (Å²) in [6.45, 7) is 2.85. The fraction of sp³-hybridized carbons (Fsp3) is 0.417. The number of hydrogen-bond donors (Lipinski definition) is 0. The molecule has 0 saturated heterocycles. The Balaban J connectivity index is 2.75. The molecular weight excluding hydrogens is 249 g/mol. The summed E-state index contributed by atoms with van der Waals surface area (Å²) in [7, 11) is 0. The molecule has 0 saturated carbocycles. The Bertz CT molecular complexity index is 387. The van der Waals surface area contributed by atoms with Crippen LogP contribution in [0.5, 0.6) is 0 Å². The molecule has 0 radical (unpaired) electrons. The molecule has 1 aromatic carbocycles. The molecule has 0 N–H and O–H groups in total. The SMILES string of the molecule is CC(C)OC(OC(=O)c1ccccc1)C(F)(F)F. The molecule has 1 aromatic rings. The van der Waals surface area contributed by atoms with E-state index in [0.717, 1.165) is 0 Å². The number of rotatable bonds is 4. The predicted octanol–water partition coefficient (Wildman–Crippen LogP) is 3.16. The van der Waals surface area contributed by atoms with Crippen LogP contribution >= 0.6 is 0 Å². The average molecular weight is 262 g/mol. The molecule has 0 bridgehead atoms. The van der Waals surface area contributed by atoms with Crippen molar-refractivity contribution in [1.29, 1.82) is 0 Å². The van der Waals surface area contributed by atoms with E-state index in [1.165, 1.54) is 38.1 Å². The van der Waals surface area contributed by atoms with Crippen molar-refractivity contribution in [2.75, 3.05) is 0 Å². The number of benzene rings is 1. The molecule has 0 aliphatic rings. The molecule has 0 aromatic heterocycles. The van der Waals surface area contributed by atoms with Crippen molar-refractivity contribution in [3.05, 3.63) is 35.9 Å². The van der Waals surface area contributed by atoms with Crippen molar-refractivity contribution in [1.82, 2.24) is 0 Å². The summed E-state index contributed by atoms with van der Waals surface area (Å²) < 4.78 is 46.5. The number of hydrogen-bond acceptors (Lipinski definition) is 3. The number of carbonyl (C=O) groups excluding carboxylic acids is 1. The van der Waals surface area contributed by atoms with Crippen molar-refractivity contribution in [2.24, 2.45) is 0 Å². The van der Waals surface area contributed by atoms with Gasteiger partial charge < -0.3 is 9.47 Å². The number of ether oxygens (including phenoxy) is 2. The second kappa shape index (κ2) is 5.86. The third-order valence-electron chi connectivity index (χ3n) is 1.89. The maximum atomic E-state index is 12.6. The Morgan fingerprint density at radius 1 is 1.17 bits per heavy atom. The van der Waals surface area contributed by atoms with Gasteiger partial charge >= 0.3 is 18.4 Å². The number of esters is 1. The summed E-state index contributed by atoms with van der Waals surface area (Å²) in [6, 6.07) is 7.43. The van der Waals surface area contributed by atoms with Crippen molar-refractivity contribution in [2.45, 2.75) is 32.4 Å². The van der Waals surface area contributed by atoms with E-state index in [9.17, 15) is 18.0 Å². The second-order valence-electron chi connectivity index (χ2n) is 3.83. The molecule has 6 heteroatoms. The van der Waals surface area contributed by atoms with Gasteiger partial charge in [-0.15, -0.1) is 0 Å². The van der Waals surface area contributed by atoms with Crippen LogP contribution in [0.2, 0.25) is 0 Å². The van der Waals surface area contributed by atoms with E-state index >= 15 is 0 Å². The van der Waals surface area contributed by atoms with Gasteiger partial charge in [-0.25, -0.2) is 4.79 Å². The lowest BCUT2D eigenvalue weighted by Gasteiger charge is -2.22. The third-order valence-corrected chi connectivity index (χ3v) is 1.89. The van der Waals surface area contributed by atoms with Crippen molar-refractivity contribution in [3.8, 4) is 0 Å². The standard InChI is InChI=1S/C12H13F3O3/c1-8(2)17-11(12(13,14)15)18-10(16)9-6-4-3-5-7-9/h3-8,11H,1-2H3. The summed E-state index contributed by atoms with van der Waals surface area (Å²) in [4.78, 5) is 11.5. The quantitative estimate of drug-likeness (QED) is 0.617. The van der Waals surface area contributed by atoms with Crippen LogP contribution in [0.4, 0.5) is 13.2 Å². The highest BCUT2D eigenvalue weighted by Gasteiger charge is 2.44. The first-order valence-electron chi connectivity index (χ1n) is 5.29. The van der Waals surface area contributed by atoms with Crippen molar-refractivity contribution >= 4 is 5.97 Å². The van der Waals surface area contributed by atoms with Crippen LogP contribution in [-0.2, 0) is 9.47 Å². The molecule has 0 amide bonds. The van der Waals surface area contributed by atoms with Crippen LogP contribution in [-0.4, -0.2) is 24.5 Å². The Hall–Kier alpha value is -1.56. The van der Waals surface area contributed by atoms with E-state index in [-0.39, 0.29) is 5.56 Å². The molecule has 18 heavy (non-hydrogen) atoms.